The minimum absolute atomic E-state index is 0.801. The van der Waals surface area contributed by atoms with Crippen molar-refractivity contribution in [3.63, 3.8) is 0 Å². The van der Waals surface area contributed by atoms with Crippen molar-refractivity contribution in [1.29, 1.82) is 0 Å². The molecule has 1 aliphatic carbocycles. The van der Waals surface area contributed by atoms with Crippen LogP contribution in [0.3, 0.4) is 0 Å². The monoisotopic (exact) mass is 271 g/mol. The van der Waals surface area contributed by atoms with Gasteiger partial charge in [-0.1, -0.05) is 6.92 Å². The summed E-state index contributed by atoms with van der Waals surface area (Å²) < 4.78 is 1.87. The Morgan fingerprint density at radius 1 is 1.30 bits per heavy atom. The number of fused-ring (bicyclic) bond motifs is 1. The van der Waals surface area contributed by atoms with Gasteiger partial charge >= 0.3 is 0 Å². The van der Waals surface area contributed by atoms with Gasteiger partial charge in [-0.3, -0.25) is 4.68 Å². The fraction of sp³-hybridized carbons (Fsp3) is 0.533. The third kappa shape index (κ3) is 2.17. The van der Waals surface area contributed by atoms with E-state index in [4.69, 9.17) is 9.97 Å². The molecular weight excluding hydrogens is 250 g/mol. The molecule has 2 aromatic rings. The maximum absolute atomic E-state index is 4.76. The molecule has 0 unspecified atom stereocenters. The molecule has 0 atom stereocenters. The van der Waals surface area contributed by atoms with Gasteiger partial charge in [-0.15, -0.1) is 0 Å². The highest BCUT2D eigenvalue weighted by molar-refractivity contribution is 5.62. The number of hydrogen-bond acceptors (Lipinski definition) is 4. The number of aryl methyl sites for hydroxylation is 2. The lowest BCUT2D eigenvalue weighted by atomic mass is 10.2. The van der Waals surface area contributed by atoms with Crippen LogP contribution in [0, 0.1) is 6.92 Å². The lowest BCUT2D eigenvalue weighted by Gasteiger charge is -2.11. The van der Waals surface area contributed by atoms with Gasteiger partial charge < -0.3 is 5.32 Å². The topological polar surface area (TPSA) is 55.6 Å². The van der Waals surface area contributed by atoms with Gasteiger partial charge in [0.15, 0.2) is 5.82 Å². The van der Waals surface area contributed by atoms with Gasteiger partial charge in [-0.05, 0) is 32.6 Å². The van der Waals surface area contributed by atoms with E-state index < -0.39 is 0 Å². The minimum Gasteiger partial charge on any atom is -0.370 e. The van der Waals surface area contributed by atoms with Crippen LogP contribution in [-0.4, -0.2) is 26.3 Å². The van der Waals surface area contributed by atoms with Crippen LogP contribution in [0.5, 0.6) is 0 Å². The largest absolute Gasteiger partial charge is 0.370 e. The number of nitrogens with one attached hydrogen (secondary N) is 1. The summed E-state index contributed by atoms with van der Waals surface area (Å²) in [5.74, 6) is 1.82. The molecule has 2 aromatic heterocycles. The molecule has 20 heavy (non-hydrogen) atoms. The van der Waals surface area contributed by atoms with Gasteiger partial charge in [-0.2, -0.15) is 5.10 Å². The van der Waals surface area contributed by atoms with Crippen LogP contribution in [0.25, 0.3) is 11.4 Å². The fourth-order valence-electron chi connectivity index (χ4n) is 2.66. The molecule has 0 radical (unpaired) electrons. The second-order valence-corrected chi connectivity index (χ2v) is 5.37. The van der Waals surface area contributed by atoms with Gasteiger partial charge in [0, 0.05) is 30.5 Å². The first-order valence-corrected chi connectivity index (χ1v) is 7.33. The molecule has 0 aliphatic heterocycles. The Morgan fingerprint density at radius 3 is 2.85 bits per heavy atom. The van der Waals surface area contributed by atoms with Crippen LogP contribution in [0.4, 0.5) is 5.82 Å². The Kier molecular flexibility index (Phi) is 3.42. The summed E-state index contributed by atoms with van der Waals surface area (Å²) in [5, 5.41) is 7.75. The van der Waals surface area contributed by atoms with Crippen molar-refractivity contribution >= 4 is 5.82 Å². The van der Waals surface area contributed by atoms with Crippen molar-refractivity contribution in [3.05, 3.63) is 23.1 Å². The Balaban J connectivity index is 2.06. The van der Waals surface area contributed by atoms with E-state index in [-0.39, 0.29) is 0 Å². The normalized spacial score (nSPS) is 13.6. The predicted molar refractivity (Wildman–Crippen MR) is 79.8 cm³/mol. The molecule has 0 fully saturated rings. The van der Waals surface area contributed by atoms with E-state index in [2.05, 4.69) is 24.3 Å². The molecule has 5 nitrogen and oxygen atoms in total. The summed E-state index contributed by atoms with van der Waals surface area (Å²) in [5.41, 5.74) is 4.65. The molecule has 5 heteroatoms. The van der Waals surface area contributed by atoms with Crippen LogP contribution in [0.15, 0.2) is 6.20 Å². The molecule has 0 saturated carbocycles. The molecule has 106 valence electrons. The van der Waals surface area contributed by atoms with E-state index in [0.717, 1.165) is 48.7 Å². The van der Waals surface area contributed by atoms with E-state index in [1.807, 2.05) is 17.9 Å². The summed E-state index contributed by atoms with van der Waals surface area (Å²) in [6, 6.07) is 0. The highest BCUT2D eigenvalue weighted by Gasteiger charge is 2.21. The second-order valence-electron chi connectivity index (χ2n) is 5.37. The quantitative estimate of drug-likeness (QED) is 0.928. The predicted octanol–water partition coefficient (Wildman–Crippen LogP) is 2.50. The second kappa shape index (κ2) is 5.23. The molecular formula is C15H21N5. The van der Waals surface area contributed by atoms with Crippen molar-refractivity contribution in [2.75, 3.05) is 11.9 Å². The number of anilines is 1. The third-order valence-electron chi connectivity index (χ3n) is 3.95. The molecule has 0 spiro atoms. The van der Waals surface area contributed by atoms with Gasteiger partial charge in [0.25, 0.3) is 0 Å². The van der Waals surface area contributed by atoms with Crippen LogP contribution in [-0.2, 0) is 19.9 Å². The van der Waals surface area contributed by atoms with Gasteiger partial charge in [0.2, 0.25) is 0 Å². The van der Waals surface area contributed by atoms with Crippen molar-refractivity contribution in [2.45, 2.75) is 39.5 Å². The van der Waals surface area contributed by atoms with Crippen LogP contribution >= 0.6 is 0 Å². The van der Waals surface area contributed by atoms with E-state index >= 15 is 0 Å². The molecule has 1 aliphatic rings. The van der Waals surface area contributed by atoms with Crippen LogP contribution < -0.4 is 5.32 Å². The molecule has 0 amide bonds. The van der Waals surface area contributed by atoms with Crippen molar-refractivity contribution in [1.82, 2.24) is 19.7 Å². The summed E-state index contributed by atoms with van der Waals surface area (Å²) in [7, 11) is 1.95. The summed E-state index contributed by atoms with van der Waals surface area (Å²) >= 11 is 0. The first-order chi connectivity index (χ1) is 9.70. The highest BCUT2D eigenvalue weighted by atomic mass is 15.3. The fourth-order valence-corrected chi connectivity index (χ4v) is 2.66. The lowest BCUT2D eigenvalue weighted by molar-refractivity contribution is 0.740. The number of rotatable bonds is 4. The summed E-state index contributed by atoms with van der Waals surface area (Å²) in [4.78, 5) is 9.51. The maximum atomic E-state index is 4.76. The zero-order chi connectivity index (χ0) is 14.1. The molecule has 1 N–H and O–H groups in total. The number of hydrogen-bond donors (Lipinski definition) is 1. The van der Waals surface area contributed by atoms with Crippen LogP contribution in [0.1, 0.15) is 36.7 Å². The Morgan fingerprint density at radius 2 is 2.15 bits per heavy atom. The molecule has 0 bridgehead atoms. The van der Waals surface area contributed by atoms with Crippen molar-refractivity contribution in [2.24, 2.45) is 7.05 Å². The average molecular weight is 271 g/mol. The molecule has 3 rings (SSSR count). The van der Waals surface area contributed by atoms with Gasteiger partial charge in [-0.25, -0.2) is 9.97 Å². The summed E-state index contributed by atoms with van der Waals surface area (Å²) in [6.07, 6.45) is 6.29. The van der Waals surface area contributed by atoms with Crippen molar-refractivity contribution < 1.29 is 0 Å². The van der Waals surface area contributed by atoms with Crippen molar-refractivity contribution in [3.8, 4) is 11.4 Å². The van der Waals surface area contributed by atoms with E-state index in [0.29, 0.717) is 0 Å². The number of nitrogens with zero attached hydrogens (tertiary/aromatic N) is 4. The lowest BCUT2D eigenvalue weighted by Crippen LogP contribution is -2.08. The summed E-state index contributed by atoms with van der Waals surface area (Å²) in [6.45, 7) is 5.17. The van der Waals surface area contributed by atoms with E-state index in [9.17, 15) is 0 Å². The highest BCUT2D eigenvalue weighted by Crippen LogP contribution is 2.30. The van der Waals surface area contributed by atoms with Crippen LogP contribution in [0.2, 0.25) is 0 Å². The first-order valence-electron chi connectivity index (χ1n) is 7.33. The van der Waals surface area contributed by atoms with Gasteiger partial charge in [0.05, 0.1) is 11.8 Å². The molecule has 2 heterocycles. The Hall–Kier alpha value is -1.91. The molecule has 0 aromatic carbocycles. The Labute approximate surface area is 119 Å². The standard InChI is InChI=1S/C15H21N5/c1-4-8-16-14-11-6-5-7-13(11)18-15(19-14)12-9-17-20(3)10(12)2/h9H,4-8H2,1-3H3,(H,16,18,19). The van der Waals surface area contributed by atoms with Gasteiger partial charge in [0.1, 0.15) is 5.82 Å². The Bertz CT molecular complexity index is 629. The zero-order valence-electron chi connectivity index (χ0n) is 12.4. The third-order valence-corrected chi connectivity index (χ3v) is 3.95. The molecule has 0 saturated heterocycles. The SMILES string of the molecule is CCCNc1nc(-c2cnn(C)c2C)nc2c1CCC2. The zero-order valence-corrected chi connectivity index (χ0v) is 12.4. The smallest absolute Gasteiger partial charge is 0.165 e. The minimum atomic E-state index is 0.801. The maximum Gasteiger partial charge on any atom is 0.165 e. The van der Waals surface area contributed by atoms with E-state index in [1.165, 1.54) is 17.7 Å². The first kappa shape index (κ1) is 13.1. The van der Waals surface area contributed by atoms with E-state index in [1.54, 1.807) is 0 Å². The average Bonchev–Trinajstić information content (AvgIpc) is 3.04. The number of aromatic nitrogens is 4.